The Morgan fingerprint density at radius 1 is 1.09 bits per heavy atom. The predicted molar refractivity (Wildman–Crippen MR) is 129 cm³/mol. The second kappa shape index (κ2) is 9.77. The average molecular weight is 444 g/mol. The summed E-state index contributed by atoms with van der Waals surface area (Å²) in [6.07, 6.45) is 4.77. The Labute approximate surface area is 194 Å². The summed E-state index contributed by atoms with van der Waals surface area (Å²) in [5.41, 5.74) is 5.86. The molecular weight excluding hydrogens is 414 g/mol. The molecule has 0 fully saturated rings. The maximum absolute atomic E-state index is 12.6. The van der Waals surface area contributed by atoms with E-state index >= 15 is 0 Å². The molecule has 1 unspecified atom stereocenters. The number of likely N-dealkylation sites (N-methyl/N-ethyl adjacent to an activating group) is 1. The number of carbonyl (C=O) groups is 1. The number of aromatic nitrogens is 1. The molecule has 0 saturated carbocycles. The van der Waals surface area contributed by atoms with Gasteiger partial charge in [-0.3, -0.25) is 9.78 Å². The summed E-state index contributed by atoms with van der Waals surface area (Å²) in [4.78, 5) is 19.1. The van der Waals surface area contributed by atoms with Crippen molar-refractivity contribution in [2.45, 2.75) is 25.9 Å². The van der Waals surface area contributed by atoms with Gasteiger partial charge in [-0.2, -0.15) is 0 Å². The van der Waals surface area contributed by atoms with Crippen LogP contribution in [0, 0.1) is 0 Å². The zero-order valence-corrected chi connectivity index (χ0v) is 19.5. The van der Waals surface area contributed by atoms with E-state index in [-0.39, 0.29) is 5.91 Å². The van der Waals surface area contributed by atoms with Crippen LogP contribution in [0.1, 0.15) is 39.7 Å². The van der Waals surface area contributed by atoms with Crippen LogP contribution in [-0.4, -0.2) is 43.1 Å². The minimum absolute atomic E-state index is 0.125. The van der Waals surface area contributed by atoms with Crippen LogP contribution in [-0.2, 0) is 13.0 Å². The Kier molecular flexibility index (Phi) is 6.63. The van der Waals surface area contributed by atoms with Crippen molar-refractivity contribution >= 4 is 11.5 Å². The third kappa shape index (κ3) is 4.85. The summed E-state index contributed by atoms with van der Waals surface area (Å²) in [6, 6.07) is 17.8. The van der Waals surface area contributed by atoms with Crippen molar-refractivity contribution < 1.29 is 14.3 Å². The smallest absolute Gasteiger partial charge is 0.251 e. The lowest BCUT2D eigenvalue weighted by Crippen LogP contribution is -2.24. The van der Waals surface area contributed by atoms with E-state index in [1.165, 1.54) is 5.56 Å². The van der Waals surface area contributed by atoms with E-state index < -0.39 is 0 Å². The van der Waals surface area contributed by atoms with Crippen LogP contribution in [0.15, 0.2) is 67.0 Å². The Morgan fingerprint density at radius 3 is 2.48 bits per heavy atom. The van der Waals surface area contributed by atoms with Crippen molar-refractivity contribution in [2.75, 3.05) is 21.3 Å². The zero-order valence-electron chi connectivity index (χ0n) is 19.5. The second-order valence-corrected chi connectivity index (χ2v) is 8.21. The molecule has 1 aliphatic rings. The molecule has 0 saturated heterocycles. The van der Waals surface area contributed by atoms with E-state index in [2.05, 4.69) is 41.4 Å². The van der Waals surface area contributed by atoms with Gasteiger partial charge in [0.1, 0.15) is 0 Å². The second-order valence-electron chi connectivity index (χ2n) is 8.21. The first-order chi connectivity index (χ1) is 16.0. The minimum Gasteiger partial charge on any atom is -0.493 e. The van der Waals surface area contributed by atoms with Gasteiger partial charge in [-0.15, -0.1) is 0 Å². The van der Waals surface area contributed by atoms with Crippen LogP contribution < -0.4 is 14.8 Å². The van der Waals surface area contributed by atoms with Gasteiger partial charge < -0.3 is 19.7 Å². The van der Waals surface area contributed by atoms with Gasteiger partial charge in [0, 0.05) is 36.6 Å². The normalized spacial score (nSPS) is 15.2. The first-order valence-corrected chi connectivity index (χ1v) is 11.0. The van der Waals surface area contributed by atoms with Crippen LogP contribution in [0.4, 0.5) is 0 Å². The molecule has 3 aromatic rings. The molecular formula is C27H29N3O3. The van der Waals surface area contributed by atoms with E-state index in [0.717, 1.165) is 34.6 Å². The van der Waals surface area contributed by atoms with Crippen LogP contribution in [0.25, 0.3) is 5.57 Å². The monoisotopic (exact) mass is 443 g/mol. The number of pyridine rings is 1. The summed E-state index contributed by atoms with van der Waals surface area (Å²) >= 11 is 0. The van der Waals surface area contributed by atoms with Crippen LogP contribution in [0.2, 0.25) is 0 Å². The molecule has 33 heavy (non-hydrogen) atoms. The number of fused-ring (bicyclic) bond motifs is 1. The Hall–Kier alpha value is -3.80. The topological polar surface area (TPSA) is 63.7 Å². The first kappa shape index (κ1) is 22.4. The molecule has 1 N–H and O–H groups in total. The highest BCUT2D eigenvalue weighted by Crippen LogP contribution is 2.38. The molecule has 6 nitrogen and oxygen atoms in total. The molecule has 0 spiro atoms. The molecule has 0 bridgehead atoms. The van der Waals surface area contributed by atoms with Crippen molar-refractivity contribution in [3.63, 3.8) is 0 Å². The van der Waals surface area contributed by atoms with Crippen molar-refractivity contribution in [1.29, 1.82) is 0 Å². The Morgan fingerprint density at radius 2 is 1.82 bits per heavy atom. The number of carbonyl (C=O) groups excluding carboxylic acids is 1. The van der Waals surface area contributed by atoms with Crippen molar-refractivity contribution in [3.8, 4) is 11.5 Å². The molecule has 2 aromatic carbocycles. The summed E-state index contributed by atoms with van der Waals surface area (Å²) in [5, 5.41) is 2.93. The number of nitrogens with one attached hydrogen (secondary N) is 1. The fourth-order valence-electron chi connectivity index (χ4n) is 4.01. The lowest BCUT2D eigenvalue weighted by atomic mass is 9.92. The van der Waals surface area contributed by atoms with Crippen molar-refractivity contribution in [2.24, 2.45) is 0 Å². The van der Waals surface area contributed by atoms with Gasteiger partial charge in [-0.1, -0.05) is 18.2 Å². The first-order valence-electron chi connectivity index (χ1n) is 11.0. The lowest BCUT2D eigenvalue weighted by Gasteiger charge is -2.21. The third-order valence-electron chi connectivity index (χ3n) is 6.06. The summed E-state index contributed by atoms with van der Waals surface area (Å²) in [7, 11) is 5.40. The number of hydrogen-bond donors (Lipinski definition) is 1. The fourth-order valence-corrected chi connectivity index (χ4v) is 4.01. The number of benzene rings is 2. The van der Waals surface area contributed by atoms with Gasteiger partial charge in [0.25, 0.3) is 5.91 Å². The van der Waals surface area contributed by atoms with Crippen LogP contribution in [0.3, 0.4) is 0 Å². The number of ether oxygens (including phenoxy) is 2. The van der Waals surface area contributed by atoms with E-state index in [1.54, 1.807) is 20.4 Å². The molecule has 0 aliphatic carbocycles. The molecule has 1 amide bonds. The number of nitrogens with zero attached hydrogens (tertiary/aromatic N) is 2. The van der Waals surface area contributed by atoms with E-state index in [1.807, 2.05) is 48.5 Å². The number of methoxy groups -OCH3 is 2. The molecule has 1 atom stereocenters. The fraction of sp³-hybridized carbons (Fsp3) is 0.259. The molecule has 0 radical (unpaired) electrons. The molecule has 170 valence electrons. The Bertz CT molecular complexity index is 1160. The maximum Gasteiger partial charge on any atom is 0.251 e. The molecule has 1 aliphatic heterocycles. The summed E-state index contributed by atoms with van der Waals surface area (Å²) in [6.45, 7) is 2.60. The van der Waals surface area contributed by atoms with E-state index in [9.17, 15) is 4.79 Å². The van der Waals surface area contributed by atoms with Crippen LogP contribution >= 0.6 is 0 Å². The molecule has 6 heteroatoms. The van der Waals surface area contributed by atoms with Gasteiger partial charge in [-0.25, -0.2) is 0 Å². The zero-order chi connectivity index (χ0) is 23.4. The van der Waals surface area contributed by atoms with E-state index in [0.29, 0.717) is 23.9 Å². The van der Waals surface area contributed by atoms with E-state index in [4.69, 9.17) is 9.47 Å². The molecule has 1 aromatic heterocycles. The SMILES string of the molecule is COc1cc2c(cc1OC)C(c1ccc(C(=O)NCc3ccccn3)cc1)=CN(C)C(C)C2. The molecule has 2 heterocycles. The number of hydrogen-bond acceptors (Lipinski definition) is 5. The van der Waals surface area contributed by atoms with Gasteiger partial charge in [0.2, 0.25) is 0 Å². The average Bonchev–Trinajstić information content (AvgIpc) is 2.97. The van der Waals surface area contributed by atoms with Gasteiger partial charge in [0.05, 0.1) is 26.5 Å². The van der Waals surface area contributed by atoms with Crippen LogP contribution in [0.5, 0.6) is 11.5 Å². The quantitative estimate of drug-likeness (QED) is 0.616. The highest BCUT2D eigenvalue weighted by molar-refractivity contribution is 5.95. The van der Waals surface area contributed by atoms with Gasteiger partial charge in [0.15, 0.2) is 11.5 Å². The lowest BCUT2D eigenvalue weighted by molar-refractivity contribution is 0.0950. The number of amides is 1. The van der Waals surface area contributed by atoms with Crippen molar-refractivity contribution in [1.82, 2.24) is 15.2 Å². The highest BCUT2D eigenvalue weighted by atomic mass is 16.5. The molecule has 4 rings (SSSR count). The largest absolute Gasteiger partial charge is 0.493 e. The Balaban J connectivity index is 1.62. The predicted octanol–water partition coefficient (Wildman–Crippen LogP) is 4.29. The number of rotatable bonds is 6. The summed E-state index contributed by atoms with van der Waals surface area (Å²) < 4.78 is 11.1. The van der Waals surface area contributed by atoms with Crippen molar-refractivity contribution in [3.05, 3.63) is 94.9 Å². The standard InChI is InChI=1S/C27H29N3O3/c1-18-13-21-14-25(32-3)26(33-4)15-23(21)24(17-30(18)2)19-8-10-20(11-9-19)27(31)29-16-22-7-5-6-12-28-22/h5-12,14-15,17-18H,13,16H2,1-4H3,(H,29,31). The minimum atomic E-state index is -0.125. The van der Waals surface area contributed by atoms with Gasteiger partial charge in [-0.05, 0) is 66.4 Å². The summed E-state index contributed by atoms with van der Waals surface area (Å²) in [5.74, 6) is 1.30. The van der Waals surface area contributed by atoms with Gasteiger partial charge >= 0.3 is 0 Å². The third-order valence-corrected chi connectivity index (χ3v) is 6.06. The highest BCUT2D eigenvalue weighted by Gasteiger charge is 2.22. The maximum atomic E-state index is 12.6.